The SMILES string of the molecule is CC(C)(C)OC(=O)Nc1ccccc1NC(=O)c1ccc(CN(CCCN2CCOCC2)C(=O)NC2CCCC2)cc1. The van der Waals surface area contributed by atoms with Gasteiger partial charge in [-0.2, -0.15) is 0 Å². The van der Waals surface area contributed by atoms with E-state index in [1.165, 1.54) is 0 Å². The zero-order valence-electron chi connectivity index (χ0n) is 25.1. The average Bonchev–Trinajstić information content (AvgIpc) is 3.46. The third-order valence-corrected chi connectivity index (χ3v) is 7.38. The maximum Gasteiger partial charge on any atom is 0.412 e. The smallest absolute Gasteiger partial charge is 0.412 e. The Balaban J connectivity index is 1.36. The van der Waals surface area contributed by atoms with Crippen molar-refractivity contribution in [3.05, 3.63) is 59.7 Å². The number of rotatable bonds is 10. The van der Waals surface area contributed by atoms with Gasteiger partial charge < -0.3 is 25.0 Å². The fourth-order valence-corrected chi connectivity index (χ4v) is 5.19. The molecule has 0 unspecified atom stereocenters. The fourth-order valence-electron chi connectivity index (χ4n) is 5.19. The van der Waals surface area contributed by atoms with Crippen LogP contribution in [-0.4, -0.2) is 78.9 Å². The van der Waals surface area contributed by atoms with Gasteiger partial charge in [0.05, 0.1) is 24.6 Å². The molecule has 228 valence electrons. The van der Waals surface area contributed by atoms with E-state index in [1.807, 2.05) is 17.0 Å². The summed E-state index contributed by atoms with van der Waals surface area (Å²) < 4.78 is 10.8. The van der Waals surface area contributed by atoms with Crippen LogP contribution in [0.5, 0.6) is 0 Å². The van der Waals surface area contributed by atoms with Gasteiger partial charge in [0, 0.05) is 44.3 Å². The highest BCUT2D eigenvalue weighted by Gasteiger charge is 2.22. The van der Waals surface area contributed by atoms with E-state index in [9.17, 15) is 14.4 Å². The number of morpholine rings is 1. The Morgan fingerprint density at radius 3 is 2.24 bits per heavy atom. The van der Waals surface area contributed by atoms with Crippen LogP contribution in [0.3, 0.4) is 0 Å². The van der Waals surface area contributed by atoms with Crippen molar-refractivity contribution in [2.75, 3.05) is 50.0 Å². The molecule has 42 heavy (non-hydrogen) atoms. The predicted octanol–water partition coefficient (Wildman–Crippen LogP) is 5.46. The molecule has 0 aromatic heterocycles. The lowest BCUT2D eigenvalue weighted by Crippen LogP contribution is -2.45. The lowest BCUT2D eigenvalue weighted by Gasteiger charge is -2.29. The summed E-state index contributed by atoms with van der Waals surface area (Å²) in [6, 6.07) is 14.5. The summed E-state index contributed by atoms with van der Waals surface area (Å²) in [6.45, 7) is 10.8. The number of urea groups is 1. The third-order valence-electron chi connectivity index (χ3n) is 7.38. The van der Waals surface area contributed by atoms with Gasteiger partial charge in [0.15, 0.2) is 0 Å². The quantitative estimate of drug-likeness (QED) is 0.345. The summed E-state index contributed by atoms with van der Waals surface area (Å²) in [5.41, 5.74) is 1.69. The van der Waals surface area contributed by atoms with Crippen LogP contribution >= 0.6 is 0 Å². The number of benzene rings is 2. The molecular formula is C32H45N5O5. The molecule has 1 aliphatic heterocycles. The van der Waals surface area contributed by atoms with Gasteiger partial charge in [-0.1, -0.05) is 37.1 Å². The minimum absolute atomic E-state index is 0.0280. The normalized spacial score (nSPS) is 16.1. The van der Waals surface area contributed by atoms with Crippen LogP contribution < -0.4 is 16.0 Å². The molecule has 0 spiro atoms. The number of amides is 4. The molecule has 0 atom stereocenters. The van der Waals surface area contributed by atoms with Crippen molar-refractivity contribution in [2.24, 2.45) is 0 Å². The van der Waals surface area contributed by atoms with Gasteiger partial charge in [0.1, 0.15) is 5.60 Å². The molecule has 2 aromatic rings. The standard InChI is InChI=1S/C32H45N5O5/c1-32(2,3)42-31(40)35-28-12-7-6-11-27(28)34-29(38)25-15-13-24(14-16-25)23-37(30(39)33-26-9-4-5-10-26)18-8-17-36-19-21-41-22-20-36/h6-7,11-16,26H,4-5,8-10,17-23H2,1-3H3,(H,33,39)(H,34,38)(H,35,40). The first-order valence-electron chi connectivity index (χ1n) is 15.0. The van der Waals surface area contributed by atoms with E-state index in [4.69, 9.17) is 9.47 Å². The highest BCUT2D eigenvalue weighted by molar-refractivity contribution is 6.06. The number of nitrogens with zero attached hydrogens (tertiary/aromatic N) is 2. The fraction of sp³-hybridized carbons (Fsp3) is 0.531. The monoisotopic (exact) mass is 579 g/mol. The van der Waals surface area contributed by atoms with Crippen molar-refractivity contribution >= 4 is 29.4 Å². The first-order chi connectivity index (χ1) is 20.2. The van der Waals surface area contributed by atoms with E-state index in [0.717, 1.165) is 70.5 Å². The first-order valence-corrected chi connectivity index (χ1v) is 15.0. The number of para-hydroxylation sites is 2. The van der Waals surface area contributed by atoms with Gasteiger partial charge in [0.2, 0.25) is 0 Å². The average molecular weight is 580 g/mol. The third kappa shape index (κ3) is 10.0. The highest BCUT2D eigenvalue weighted by Crippen LogP contribution is 2.23. The summed E-state index contributed by atoms with van der Waals surface area (Å²) in [7, 11) is 0. The molecule has 1 saturated heterocycles. The van der Waals surface area contributed by atoms with Crippen LogP contribution in [0.15, 0.2) is 48.5 Å². The Labute approximate surface area is 249 Å². The number of hydrogen-bond acceptors (Lipinski definition) is 6. The Morgan fingerprint density at radius 2 is 1.60 bits per heavy atom. The second-order valence-corrected chi connectivity index (χ2v) is 12.0. The van der Waals surface area contributed by atoms with Gasteiger partial charge in [-0.15, -0.1) is 0 Å². The molecule has 1 heterocycles. The van der Waals surface area contributed by atoms with Gasteiger partial charge >= 0.3 is 12.1 Å². The van der Waals surface area contributed by atoms with Crippen molar-refractivity contribution in [3.8, 4) is 0 Å². The molecule has 3 N–H and O–H groups in total. The van der Waals surface area contributed by atoms with E-state index in [2.05, 4.69) is 20.9 Å². The molecule has 4 rings (SSSR count). The molecular weight excluding hydrogens is 534 g/mol. The molecule has 10 heteroatoms. The Morgan fingerprint density at radius 1 is 0.952 bits per heavy atom. The molecule has 1 aliphatic carbocycles. The molecule has 0 radical (unpaired) electrons. The van der Waals surface area contributed by atoms with Gasteiger partial charge in [-0.05, 0) is 69.9 Å². The summed E-state index contributed by atoms with van der Waals surface area (Å²) in [4.78, 5) is 42.8. The van der Waals surface area contributed by atoms with E-state index in [-0.39, 0.29) is 18.0 Å². The largest absolute Gasteiger partial charge is 0.444 e. The lowest BCUT2D eigenvalue weighted by atomic mass is 10.1. The number of nitrogens with one attached hydrogen (secondary N) is 3. The van der Waals surface area contributed by atoms with Crippen molar-refractivity contribution < 1.29 is 23.9 Å². The topological polar surface area (TPSA) is 112 Å². The minimum atomic E-state index is -0.639. The van der Waals surface area contributed by atoms with Crippen LogP contribution in [0, 0.1) is 0 Å². The Hall–Kier alpha value is -3.63. The van der Waals surface area contributed by atoms with Gasteiger partial charge in [-0.25, -0.2) is 9.59 Å². The maximum absolute atomic E-state index is 13.2. The second-order valence-electron chi connectivity index (χ2n) is 12.0. The molecule has 2 aromatic carbocycles. The Bertz CT molecular complexity index is 1180. The number of carbonyl (C=O) groups is 3. The van der Waals surface area contributed by atoms with E-state index in [1.54, 1.807) is 57.2 Å². The van der Waals surface area contributed by atoms with Crippen LogP contribution in [0.2, 0.25) is 0 Å². The molecule has 2 aliphatic rings. The number of carbonyl (C=O) groups excluding carboxylic acids is 3. The lowest BCUT2D eigenvalue weighted by molar-refractivity contribution is 0.0364. The number of hydrogen-bond donors (Lipinski definition) is 3. The van der Waals surface area contributed by atoms with Gasteiger partial charge in [0.25, 0.3) is 5.91 Å². The molecule has 10 nitrogen and oxygen atoms in total. The molecule has 4 amide bonds. The van der Waals surface area contributed by atoms with Crippen molar-refractivity contribution in [2.45, 2.75) is 71.1 Å². The zero-order valence-corrected chi connectivity index (χ0v) is 25.1. The minimum Gasteiger partial charge on any atom is -0.444 e. The molecule has 2 fully saturated rings. The summed E-state index contributed by atoms with van der Waals surface area (Å²) >= 11 is 0. The van der Waals surface area contributed by atoms with Crippen molar-refractivity contribution in [1.29, 1.82) is 0 Å². The molecule has 1 saturated carbocycles. The van der Waals surface area contributed by atoms with Crippen LogP contribution in [0.4, 0.5) is 21.0 Å². The summed E-state index contributed by atoms with van der Waals surface area (Å²) in [5, 5.41) is 8.80. The van der Waals surface area contributed by atoms with Crippen LogP contribution in [-0.2, 0) is 16.0 Å². The first kappa shape index (κ1) is 31.3. The highest BCUT2D eigenvalue weighted by atomic mass is 16.6. The maximum atomic E-state index is 13.2. The van der Waals surface area contributed by atoms with Crippen molar-refractivity contribution in [3.63, 3.8) is 0 Å². The Kier molecular flexibility index (Phi) is 11.2. The summed E-state index contributed by atoms with van der Waals surface area (Å²) in [5.74, 6) is -0.304. The van der Waals surface area contributed by atoms with Crippen LogP contribution in [0.1, 0.15) is 68.8 Å². The summed E-state index contributed by atoms with van der Waals surface area (Å²) in [6.07, 6.45) is 4.68. The van der Waals surface area contributed by atoms with Crippen LogP contribution in [0.25, 0.3) is 0 Å². The number of ether oxygens (including phenoxy) is 2. The second kappa shape index (κ2) is 15.0. The molecule has 0 bridgehead atoms. The predicted molar refractivity (Wildman–Crippen MR) is 164 cm³/mol. The zero-order chi connectivity index (χ0) is 30.0. The van der Waals surface area contributed by atoms with Gasteiger partial charge in [-0.3, -0.25) is 15.0 Å². The number of anilines is 2. The van der Waals surface area contributed by atoms with E-state index < -0.39 is 11.7 Å². The van der Waals surface area contributed by atoms with Crippen molar-refractivity contribution in [1.82, 2.24) is 15.1 Å². The van der Waals surface area contributed by atoms with E-state index in [0.29, 0.717) is 30.0 Å². The van der Waals surface area contributed by atoms with E-state index >= 15 is 0 Å².